The maximum absolute atomic E-state index is 12.7. The van der Waals surface area contributed by atoms with Crippen molar-refractivity contribution in [1.29, 1.82) is 0 Å². The minimum Gasteiger partial charge on any atom is -0.481 e. The summed E-state index contributed by atoms with van der Waals surface area (Å²) in [6.07, 6.45) is 2.48. The number of halogens is 3. The molecule has 5 nitrogen and oxygen atoms in total. The third-order valence-electron chi connectivity index (χ3n) is 4.77. The summed E-state index contributed by atoms with van der Waals surface area (Å²) in [5, 5.41) is 9.52. The molecule has 0 fully saturated rings. The van der Waals surface area contributed by atoms with E-state index in [0.717, 1.165) is 24.7 Å². The molecule has 0 radical (unpaired) electrons. The van der Waals surface area contributed by atoms with Crippen molar-refractivity contribution in [3.8, 4) is 0 Å². The summed E-state index contributed by atoms with van der Waals surface area (Å²) in [6, 6.07) is 7.89. The molecule has 28 heavy (non-hydrogen) atoms. The monoisotopic (exact) mass is 597 g/mol. The molecule has 0 heterocycles. The van der Waals surface area contributed by atoms with E-state index in [1.165, 1.54) is 12.1 Å². The van der Waals surface area contributed by atoms with E-state index in [2.05, 4.69) is 43.2 Å². The van der Waals surface area contributed by atoms with Gasteiger partial charge in [0, 0.05) is 25.5 Å². The van der Waals surface area contributed by atoms with Crippen LogP contribution in [-0.4, -0.2) is 25.5 Å². The van der Waals surface area contributed by atoms with Gasteiger partial charge in [-0.2, -0.15) is 0 Å². The van der Waals surface area contributed by atoms with Crippen LogP contribution in [0.15, 0.2) is 39.7 Å². The molecular formula is C19H18BrClINO4S. The van der Waals surface area contributed by atoms with Gasteiger partial charge in [0.1, 0.15) is 0 Å². The van der Waals surface area contributed by atoms with Gasteiger partial charge in [-0.15, -0.1) is 0 Å². The Bertz CT molecular complexity index is 1010. The summed E-state index contributed by atoms with van der Waals surface area (Å²) in [6.45, 7) is 0. The molecule has 0 aliphatic heterocycles. The number of hydrogen-bond donors (Lipinski definition) is 2. The first kappa shape index (κ1) is 22.0. The molecule has 2 aromatic rings. The van der Waals surface area contributed by atoms with E-state index in [1.54, 1.807) is 12.1 Å². The van der Waals surface area contributed by atoms with Gasteiger partial charge in [0.2, 0.25) is 10.0 Å². The zero-order valence-corrected chi connectivity index (χ0v) is 20.0. The summed E-state index contributed by atoms with van der Waals surface area (Å²) in [4.78, 5) is 11.2. The highest BCUT2D eigenvalue weighted by atomic mass is 127. The molecule has 0 amide bonds. The van der Waals surface area contributed by atoms with Gasteiger partial charge in [0.25, 0.3) is 0 Å². The molecule has 2 aromatic carbocycles. The Kier molecular flexibility index (Phi) is 7.07. The average Bonchev–Trinajstić information content (AvgIpc) is 2.62. The van der Waals surface area contributed by atoms with Crippen LogP contribution in [0.3, 0.4) is 0 Å². The van der Waals surface area contributed by atoms with Gasteiger partial charge in [-0.1, -0.05) is 11.6 Å². The van der Waals surface area contributed by atoms with Crippen LogP contribution in [0.4, 0.5) is 0 Å². The molecule has 1 unspecified atom stereocenters. The number of rotatable bonds is 6. The molecule has 150 valence electrons. The number of aliphatic carboxylic acids is 1. The normalized spacial score (nSPS) is 16.6. The second-order valence-electron chi connectivity index (χ2n) is 6.70. The Balaban J connectivity index is 1.82. The predicted molar refractivity (Wildman–Crippen MR) is 120 cm³/mol. The first-order valence-corrected chi connectivity index (χ1v) is 12.4. The zero-order valence-electron chi connectivity index (χ0n) is 14.7. The van der Waals surface area contributed by atoms with Crippen molar-refractivity contribution in [2.75, 3.05) is 0 Å². The Morgan fingerprint density at radius 3 is 2.64 bits per heavy atom. The fourth-order valence-electron chi connectivity index (χ4n) is 3.45. The van der Waals surface area contributed by atoms with E-state index in [0.29, 0.717) is 30.7 Å². The lowest BCUT2D eigenvalue weighted by Crippen LogP contribution is -2.39. The molecule has 9 heteroatoms. The van der Waals surface area contributed by atoms with Crippen molar-refractivity contribution in [1.82, 2.24) is 4.72 Å². The summed E-state index contributed by atoms with van der Waals surface area (Å²) in [7, 11) is -3.63. The molecule has 0 saturated heterocycles. The van der Waals surface area contributed by atoms with Crippen LogP contribution < -0.4 is 4.72 Å². The summed E-state index contributed by atoms with van der Waals surface area (Å²) in [5.41, 5.74) is 3.25. The molecule has 1 atom stereocenters. The first-order chi connectivity index (χ1) is 13.2. The zero-order chi connectivity index (χ0) is 20.5. The van der Waals surface area contributed by atoms with E-state index in [-0.39, 0.29) is 17.4 Å². The Morgan fingerprint density at radius 1 is 1.32 bits per heavy atom. The minimum absolute atomic E-state index is 0.0749. The highest BCUT2D eigenvalue weighted by molar-refractivity contribution is 14.1. The van der Waals surface area contributed by atoms with Crippen molar-refractivity contribution in [3.05, 3.63) is 60.1 Å². The lowest BCUT2D eigenvalue weighted by Gasteiger charge is -2.28. The largest absolute Gasteiger partial charge is 0.481 e. The van der Waals surface area contributed by atoms with Crippen molar-refractivity contribution >= 4 is 66.1 Å². The number of sulfonamides is 1. The number of carboxylic acids is 1. The summed E-state index contributed by atoms with van der Waals surface area (Å²) in [5.74, 6) is -0.825. The Labute approximate surface area is 191 Å². The second kappa shape index (κ2) is 8.99. The van der Waals surface area contributed by atoms with Crippen LogP contribution in [0.5, 0.6) is 0 Å². The van der Waals surface area contributed by atoms with E-state index in [1.807, 2.05) is 6.07 Å². The molecule has 0 bridgehead atoms. The molecule has 0 spiro atoms. The lowest BCUT2D eigenvalue weighted by atomic mass is 9.84. The van der Waals surface area contributed by atoms with Gasteiger partial charge in [-0.05, 0) is 111 Å². The Hall–Kier alpha value is -0.680. The molecule has 1 aliphatic carbocycles. The van der Waals surface area contributed by atoms with E-state index in [9.17, 15) is 13.2 Å². The van der Waals surface area contributed by atoms with E-state index in [4.69, 9.17) is 16.7 Å². The van der Waals surface area contributed by atoms with Crippen LogP contribution in [0.2, 0.25) is 5.02 Å². The molecule has 2 N–H and O–H groups in total. The van der Waals surface area contributed by atoms with Gasteiger partial charge in [0.05, 0.1) is 4.90 Å². The summed E-state index contributed by atoms with van der Waals surface area (Å²) >= 11 is 11.6. The average molecular weight is 599 g/mol. The van der Waals surface area contributed by atoms with Gasteiger partial charge < -0.3 is 5.11 Å². The molecule has 0 saturated carbocycles. The fourth-order valence-corrected chi connectivity index (χ4v) is 6.11. The van der Waals surface area contributed by atoms with Gasteiger partial charge >= 0.3 is 5.97 Å². The number of carboxylic acid groups (broad SMARTS) is 1. The Morgan fingerprint density at radius 2 is 2.00 bits per heavy atom. The maximum atomic E-state index is 12.7. The van der Waals surface area contributed by atoms with E-state index < -0.39 is 16.0 Å². The lowest BCUT2D eigenvalue weighted by molar-refractivity contribution is -0.136. The van der Waals surface area contributed by atoms with Gasteiger partial charge in [-0.25, -0.2) is 13.1 Å². The SMILES string of the molecule is O=C(O)CCc1c(I)c(Br)cc2c1CCC(NS(=O)(=O)c1ccc(Cl)cc1)C2. The van der Waals surface area contributed by atoms with E-state index >= 15 is 0 Å². The second-order valence-corrected chi connectivity index (χ2v) is 10.8. The molecule has 3 rings (SSSR count). The first-order valence-electron chi connectivity index (χ1n) is 8.65. The number of fused-ring (bicyclic) bond motifs is 1. The van der Waals surface area contributed by atoms with Gasteiger partial charge in [-0.3, -0.25) is 4.79 Å². The maximum Gasteiger partial charge on any atom is 0.303 e. The standard InChI is InChI=1S/C19H18BrClINO4S/c20-17-10-11-9-13(23-28(26,27)14-4-1-12(21)2-5-14)3-6-15(11)16(19(17)22)7-8-18(24)25/h1-2,4-5,10,13,23H,3,6-9H2,(H,24,25). The van der Waals surface area contributed by atoms with Gasteiger partial charge in [0.15, 0.2) is 0 Å². The van der Waals surface area contributed by atoms with Crippen LogP contribution in [0.25, 0.3) is 0 Å². The number of benzene rings is 2. The highest BCUT2D eigenvalue weighted by Crippen LogP contribution is 2.34. The minimum atomic E-state index is -3.63. The van der Waals surface area contributed by atoms with Crippen molar-refractivity contribution in [2.45, 2.75) is 43.0 Å². The van der Waals surface area contributed by atoms with Crippen LogP contribution in [0, 0.1) is 3.57 Å². The summed E-state index contributed by atoms with van der Waals surface area (Å²) < 4.78 is 30.0. The molecule has 1 aliphatic rings. The predicted octanol–water partition coefficient (Wildman–Crippen LogP) is 4.56. The number of hydrogen-bond acceptors (Lipinski definition) is 3. The smallest absolute Gasteiger partial charge is 0.303 e. The molecular weight excluding hydrogens is 581 g/mol. The van der Waals surface area contributed by atoms with Crippen LogP contribution >= 0.6 is 50.1 Å². The van der Waals surface area contributed by atoms with Crippen molar-refractivity contribution in [2.24, 2.45) is 0 Å². The van der Waals surface area contributed by atoms with Crippen molar-refractivity contribution in [3.63, 3.8) is 0 Å². The third-order valence-corrected chi connectivity index (χ3v) is 9.16. The fraction of sp³-hybridized carbons (Fsp3) is 0.316. The third kappa shape index (κ3) is 5.08. The number of carbonyl (C=O) groups is 1. The quantitative estimate of drug-likeness (QED) is 0.478. The highest BCUT2D eigenvalue weighted by Gasteiger charge is 2.27. The van der Waals surface area contributed by atoms with Crippen LogP contribution in [-0.2, 0) is 34.1 Å². The molecule has 0 aromatic heterocycles. The van der Waals surface area contributed by atoms with Crippen molar-refractivity contribution < 1.29 is 18.3 Å². The number of nitrogens with one attached hydrogen (secondary N) is 1. The van der Waals surface area contributed by atoms with Crippen LogP contribution in [0.1, 0.15) is 29.5 Å². The topological polar surface area (TPSA) is 83.5 Å².